The summed E-state index contributed by atoms with van der Waals surface area (Å²) >= 11 is 0. The Morgan fingerprint density at radius 2 is 1.83 bits per heavy atom. The van der Waals surface area contributed by atoms with Crippen LogP contribution in [0, 0.1) is 0 Å². The number of rotatable bonds is 5. The van der Waals surface area contributed by atoms with Gasteiger partial charge >= 0.3 is 5.97 Å². The summed E-state index contributed by atoms with van der Waals surface area (Å²) in [5.41, 5.74) is 1.33. The first-order chi connectivity index (χ1) is 11.6. The number of nitrogens with zero attached hydrogens (tertiary/aromatic N) is 3. The summed E-state index contributed by atoms with van der Waals surface area (Å²) in [6, 6.07) is 10.1. The fraction of sp³-hybridized carbons (Fsp3) is 0.632. The largest absolute Gasteiger partial charge is 0.480 e. The summed E-state index contributed by atoms with van der Waals surface area (Å²) < 4.78 is 0. The molecule has 2 unspecified atom stereocenters. The van der Waals surface area contributed by atoms with Gasteiger partial charge in [-0.15, -0.1) is 0 Å². The van der Waals surface area contributed by atoms with Crippen molar-refractivity contribution in [1.29, 1.82) is 0 Å². The highest BCUT2D eigenvalue weighted by atomic mass is 16.4. The average molecular weight is 331 g/mol. The van der Waals surface area contributed by atoms with Crippen molar-refractivity contribution in [2.45, 2.75) is 44.9 Å². The zero-order valence-electron chi connectivity index (χ0n) is 14.6. The lowest BCUT2D eigenvalue weighted by Gasteiger charge is -2.48. The van der Waals surface area contributed by atoms with Crippen LogP contribution in [-0.4, -0.2) is 70.7 Å². The second kappa shape index (κ2) is 8.10. The fourth-order valence-corrected chi connectivity index (χ4v) is 3.95. The predicted molar refractivity (Wildman–Crippen MR) is 94.7 cm³/mol. The first kappa shape index (κ1) is 17.4. The number of carboxylic acids is 1. The van der Waals surface area contributed by atoms with Crippen LogP contribution in [0.15, 0.2) is 30.3 Å². The molecule has 0 bridgehead atoms. The lowest BCUT2D eigenvalue weighted by Crippen LogP contribution is -2.64. The Morgan fingerprint density at radius 1 is 1.12 bits per heavy atom. The van der Waals surface area contributed by atoms with Crippen molar-refractivity contribution in [2.75, 3.05) is 32.7 Å². The topological polar surface area (TPSA) is 47.0 Å². The zero-order chi connectivity index (χ0) is 16.9. The third-order valence-electron chi connectivity index (χ3n) is 5.39. The van der Waals surface area contributed by atoms with E-state index in [0.29, 0.717) is 0 Å². The van der Waals surface area contributed by atoms with Crippen molar-refractivity contribution in [3.63, 3.8) is 0 Å². The molecule has 5 heteroatoms. The smallest absolute Gasteiger partial charge is 0.320 e. The van der Waals surface area contributed by atoms with Crippen LogP contribution in [0.5, 0.6) is 0 Å². The number of benzene rings is 1. The van der Waals surface area contributed by atoms with Gasteiger partial charge in [-0.2, -0.15) is 0 Å². The Balaban J connectivity index is 1.70. The highest BCUT2D eigenvalue weighted by molar-refractivity contribution is 5.72. The van der Waals surface area contributed by atoms with Gasteiger partial charge in [-0.1, -0.05) is 36.8 Å². The lowest BCUT2D eigenvalue weighted by atomic mass is 10.1. The second-order valence-electron chi connectivity index (χ2n) is 7.05. The molecule has 2 fully saturated rings. The first-order valence-corrected chi connectivity index (χ1v) is 9.14. The van der Waals surface area contributed by atoms with Crippen LogP contribution in [0.3, 0.4) is 0 Å². The number of hydrogen-bond acceptors (Lipinski definition) is 4. The number of carbonyl (C=O) groups is 1. The maximum absolute atomic E-state index is 11.5. The van der Waals surface area contributed by atoms with Crippen LogP contribution in [-0.2, 0) is 11.3 Å². The summed E-state index contributed by atoms with van der Waals surface area (Å²) in [4.78, 5) is 18.7. The molecule has 2 aliphatic heterocycles. The van der Waals surface area contributed by atoms with E-state index in [4.69, 9.17) is 0 Å². The number of likely N-dealkylation sites (tertiary alicyclic amines) is 1. The van der Waals surface area contributed by atoms with E-state index in [9.17, 15) is 9.90 Å². The molecule has 0 spiro atoms. The SMILES string of the molecule is CC(C(=O)O)N1CCN(Cc2ccccc2)CC1N1CCCCC1. The molecular weight excluding hydrogens is 302 g/mol. The zero-order valence-corrected chi connectivity index (χ0v) is 14.6. The first-order valence-electron chi connectivity index (χ1n) is 9.14. The van der Waals surface area contributed by atoms with E-state index < -0.39 is 12.0 Å². The predicted octanol–water partition coefficient (Wildman–Crippen LogP) is 2.09. The van der Waals surface area contributed by atoms with E-state index in [1.807, 2.05) is 13.0 Å². The minimum atomic E-state index is -0.714. The monoisotopic (exact) mass is 331 g/mol. The third-order valence-corrected chi connectivity index (χ3v) is 5.39. The van der Waals surface area contributed by atoms with Gasteiger partial charge in [0.05, 0.1) is 6.17 Å². The molecule has 0 aromatic heterocycles. The van der Waals surface area contributed by atoms with Gasteiger partial charge in [-0.05, 0) is 38.4 Å². The third kappa shape index (κ3) is 4.15. The van der Waals surface area contributed by atoms with E-state index in [1.54, 1.807) is 0 Å². The molecule has 2 atom stereocenters. The van der Waals surface area contributed by atoms with Gasteiger partial charge in [-0.25, -0.2) is 0 Å². The summed E-state index contributed by atoms with van der Waals surface area (Å²) in [5, 5.41) is 9.48. The maximum Gasteiger partial charge on any atom is 0.320 e. The Bertz CT molecular complexity index is 531. The fourth-order valence-electron chi connectivity index (χ4n) is 3.95. The standard InChI is InChI=1S/C19H29N3O2/c1-16(19(23)24)22-13-12-20(14-17-8-4-2-5-9-17)15-18(22)21-10-6-3-7-11-21/h2,4-5,8-9,16,18H,3,6-7,10-15H2,1H3,(H,23,24). The minimum Gasteiger partial charge on any atom is -0.480 e. The van der Waals surface area contributed by atoms with Gasteiger partial charge in [0.2, 0.25) is 0 Å². The molecule has 0 saturated carbocycles. The minimum absolute atomic E-state index is 0.217. The van der Waals surface area contributed by atoms with Gasteiger partial charge in [-0.3, -0.25) is 19.5 Å². The molecule has 1 N–H and O–H groups in total. The van der Waals surface area contributed by atoms with Crippen LogP contribution < -0.4 is 0 Å². The van der Waals surface area contributed by atoms with Gasteiger partial charge in [0.15, 0.2) is 0 Å². The van der Waals surface area contributed by atoms with Gasteiger partial charge in [0, 0.05) is 26.2 Å². The van der Waals surface area contributed by atoms with Crippen molar-refractivity contribution < 1.29 is 9.90 Å². The highest BCUT2D eigenvalue weighted by Crippen LogP contribution is 2.22. The molecule has 3 rings (SSSR count). The average Bonchev–Trinajstić information content (AvgIpc) is 2.62. The summed E-state index contributed by atoms with van der Waals surface area (Å²) in [7, 11) is 0. The second-order valence-corrected chi connectivity index (χ2v) is 7.05. The molecule has 2 heterocycles. The van der Waals surface area contributed by atoms with Gasteiger partial charge in [0.1, 0.15) is 6.04 Å². The summed E-state index contributed by atoms with van der Waals surface area (Å²) in [6.45, 7) is 7.62. The number of hydrogen-bond donors (Lipinski definition) is 1. The highest BCUT2D eigenvalue weighted by Gasteiger charge is 2.36. The van der Waals surface area contributed by atoms with Crippen molar-refractivity contribution in [2.24, 2.45) is 0 Å². The van der Waals surface area contributed by atoms with Crippen molar-refractivity contribution >= 4 is 5.97 Å². The summed E-state index contributed by atoms with van der Waals surface area (Å²) in [5.74, 6) is -0.714. The Kier molecular flexibility index (Phi) is 5.87. The molecule has 0 radical (unpaired) electrons. The van der Waals surface area contributed by atoms with Gasteiger partial charge in [0.25, 0.3) is 0 Å². The molecule has 24 heavy (non-hydrogen) atoms. The molecular formula is C19H29N3O2. The molecule has 1 aromatic carbocycles. The maximum atomic E-state index is 11.5. The number of piperazine rings is 1. The molecule has 2 aliphatic rings. The Labute approximate surface area is 144 Å². The van der Waals surface area contributed by atoms with E-state index in [-0.39, 0.29) is 6.17 Å². The molecule has 0 amide bonds. The van der Waals surface area contributed by atoms with Crippen LogP contribution in [0.2, 0.25) is 0 Å². The summed E-state index contributed by atoms with van der Waals surface area (Å²) in [6.07, 6.45) is 3.97. The van der Waals surface area contributed by atoms with Crippen LogP contribution in [0.4, 0.5) is 0 Å². The van der Waals surface area contributed by atoms with E-state index in [0.717, 1.165) is 39.3 Å². The number of aliphatic carboxylic acids is 1. The van der Waals surface area contributed by atoms with Crippen LogP contribution in [0.25, 0.3) is 0 Å². The van der Waals surface area contributed by atoms with Gasteiger partial charge < -0.3 is 5.11 Å². The van der Waals surface area contributed by atoms with Crippen molar-refractivity contribution in [3.05, 3.63) is 35.9 Å². The Hall–Kier alpha value is -1.43. The van der Waals surface area contributed by atoms with Crippen LogP contribution >= 0.6 is 0 Å². The quantitative estimate of drug-likeness (QED) is 0.895. The molecule has 132 valence electrons. The van der Waals surface area contributed by atoms with E-state index in [1.165, 1.54) is 24.8 Å². The number of carboxylic acid groups (broad SMARTS) is 1. The molecule has 0 aliphatic carbocycles. The van der Waals surface area contributed by atoms with E-state index in [2.05, 4.69) is 39.0 Å². The normalized spacial score (nSPS) is 25.5. The van der Waals surface area contributed by atoms with Crippen molar-refractivity contribution in [1.82, 2.24) is 14.7 Å². The van der Waals surface area contributed by atoms with E-state index >= 15 is 0 Å². The lowest BCUT2D eigenvalue weighted by molar-refractivity contribution is -0.148. The molecule has 5 nitrogen and oxygen atoms in total. The molecule has 2 saturated heterocycles. The van der Waals surface area contributed by atoms with Crippen LogP contribution in [0.1, 0.15) is 31.7 Å². The molecule has 1 aromatic rings. The van der Waals surface area contributed by atoms with Crippen molar-refractivity contribution in [3.8, 4) is 0 Å². The number of piperidine rings is 1. The Morgan fingerprint density at radius 3 is 2.50 bits per heavy atom.